The van der Waals surface area contributed by atoms with Crippen molar-refractivity contribution in [3.63, 3.8) is 0 Å². The van der Waals surface area contributed by atoms with Crippen molar-refractivity contribution in [2.75, 3.05) is 25.4 Å². The Kier molecular flexibility index (Phi) is 7.93. The van der Waals surface area contributed by atoms with Crippen LogP contribution in [-0.2, 0) is 10.8 Å². The third-order valence-electron chi connectivity index (χ3n) is 3.13. The van der Waals surface area contributed by atoms with Gasteiger partial charge in [0.2, 0.25) is 0 Å². The maximum absolute atomic E-state index is 12.4. The van der Waals surface area contributed by atoms with Crippen LogP contribution in [0.2, 0.25) is 0 Å². The first-order valence-corrected chi connectivity index (χ1v) is 6.93. The van der Waals surface area contributed by atoms with E-state index in [2.05, 4.69) is 6.58 Å². The summed E-state index contributed by atoms with van der Waals surface area (Å²) in [6, 6.07) is 0. The summed E-state index contributed by atoms with van der Waals surface area (Å²) in [6.45, 7) is 2.76. The Balaban J connectivity index is 0.00000289. The molecule has 0 spiro atoms. The van der Waals surface area contributed by atoms with Crippen LogP contribution < -0.4 is 51.4 Å². The summed E-state index contributed by atoms with van der Waals surface area (Å²) in [5, 5.41) is 0. The molecule has 2 nitrogen and oxygen atoms in total. The molecule has 0 N–H and O–H groups in total. The summed E-state index contributed by atoms with van der Waals surface area (Å²) in [5.74, 6) is 0.436. The molecule has 0 aromatic heterocycles. The minimum absolute atomic E-state index is 0. The van der Waals surface area contributed by atoms with Crippen LogP contribution in [0.1, 0.15) is 20.3 Å². The number of halogens is 3. The molecular weight excluding hydrogens is 289 g/mol. The van der Waals surface area contributed by atoms with Crippen molar-refractivity contribution in [2.45, 2.75) is 25.0 Å². The Labute approximate surface area is 152 Å². The van der Waals surface area contributed by atoms with Gasteiger partial charge < -0.3 is 17.8 Å². The molecule has 0 radical (unpaired) electrons. The average Bonchev–Trinajstić information content (AvgIpc) is 2.29. The molecule has 1 fully saturated rings. The Morgan fingerprint density at radius 1 is 1.39 bits per heavy atom. The van der Waals surface area contributed by atoms with Crippen molar-refractivity contribution < 1.29 is 68.5 Å². The first-order valence-electron chi connectivity index (χ1n) is 5.61. The van der Waals surface area contributed by atoms with E-state index in [0.29, 0.717) is 25.3 Å². The zero-order valence-corrected chi connectivity index (χ0v) is 15.2. The van der Waals surface area contributed by atoms with E-state index in [1.165, 1.54) is 0 Å². The van der Waals surface area contributed by atoms with Crippen LogP contribution in [0.5, 0.6) is 0 Å². The predicted molar refractivity (Wildman–Crippen MR) is 66.4 cm³/mol. The number of hydrogen-bond acceptors (Lipinski definition) is 2. The number of rotatable bonds is 3. The second-order valence-electron chi connectivity index (χ2n) is 5.07. The van der Waals surface area contributed by atoms with Crippen molar-refractivity contribution in [3.8, 4) is 0 Å². The Bertz CT molecular complexity index is 336. The molecule has 0 amide bonds. The molecule has 1 saturated heterocycles. The van der Waals surface area contributed by atoms with E-state index in [1.807, 2.05) is 13.8 Å². The summed E-state index contributed by atoms with van der Waals surface area (Å²) >= 11 is 0. The van der Waals surface area contributed by atoms with Gasteiger partial charge in [0.25, 0.3) is 0 Å². The molecule has 0 aromatic carbocycles. The minimum Gasteiger partial charge on any atom is -0.445 e. The molecule has 100 valence electrons. The van der Waals surface area contributed by atoms with Gasteiger partial charge >= 0.3 is 58.4 Å². The summed E-state index contributed by atoms with van der Waals surface area (Å²) in [4.78, 5) is 1.70. The third kappa shape index (κ3) is 5.77. The van der Waals surface area contributed by atoms with Crippen LogP contribution in [0, 0.1) is 0 Å². The molecule has 0 saturated carbocycles. The molecule has 0 bridgehead atoms. The van der Waals surface area contributed by atoms with Crippen LogP contribution in [0.25, 0.3) is 0 Å². The van der Waals surface area contributed by atoms with E-state index in [9.17, 15) is 17.2 Å². The first-order chi connectivity index (χ1) is 7.63. The van der Waals surface area contributed by atoms with E-state index in [-0.39, 0.29) is 62.7 Å². The van der Waals surface area contributed by atoms with Gasteiger partial charge in [-0.2, -0.15) is 0 Å². The Hall–Kier alpha value is 1.34. The summed E-state index contributed by atoms with van der Waals surface area (Å²) < 4.78 is 48.7. The van der Waals surface area contributed by atoms with Crippen molar-refractivity contribution in [3.05, 3.63) is 12.1 Å². The molecule has 1 aliphatic rings. The summed E-state index contributed by atoms with van der Waals surface area (Å²) in [6.07, 6.45) is 0.651. The number of hydrogen-bond donors (Lipinski definition) is 0. The number of nitrogens with zero attached hydrogens (tertiary/aromatic N) is 1. The molecular formula is C10H18BF3KNOS. The molecule has 8 heteroatoms. The van der Waals surface area contributed by atoms with E-state index >= 15 is 0 Å². The second-order valence-corrected chi connectivity index (χ2v) is 7.27. The molecule has 0 aromatic rings. The molecule has 1 heterocycles. The smallest absolute Gasteiger partial charge is 0.445 e. The summed E-state index contributed by atoms with van der Waals surface area (Å²) in [5.41, 5.74) is -0.671. The molecule has 1 unspecified atom stereocenters. The van der Waals surface area contributed by atoms with E-state index in [1.54, 1.807) is 4.90 Å². The first kappa shape index (κ1) is 19.3. The molecule has 1 rings (SSSR count). The quantitative estimate of drug-likeness (QED) is 0.634. The van der Waals surface area contributed by atoms with Gasteiger partial charge in [-0.05, 0) is 33.4 Å². The maximum atomic E-state index is 12.4. The van der Waals surface area contributed by atoms with E-state index in [4.69, 9.17) is 0 Å². The van der Waals surface area contributed by atoms with Crippen molar-refractivity contribution in [1.82, 2.24) is 4.90 Å². The van der Waals surface area contributed by atoms with Gasteiger partial charge in [0.15, 0.2) is 0 Å². The second kappa shape index (κ2) is 7.38. The van der Waals surface area contributed by atoms with Crippen LogP contribution in [-0.4, -0.2) is 46.2 Å². The van der Waals surface area contributed by atoms with Crippen LogP contribution in [0.4, 0.5) is 12.9 Å². The fourth-order valence-electron chi connectivity index (χ4n) is 1.69. The van der Waals surface area contributed by atoms with Crippen LogP contribution in [0.15, 0.2) is 12.1 Å². The standard InChI is InChI=1S/C10H18BF3NOS.K/c1-9(11(12,13)14)8-15-5-4-10(2,3)17(16)7-6-15;/h1,4-8H2,2-3H3;/q-1;+1. The van der Waals surface area contributed by atoms with Gasteiger partial charge in [-0.15, -0.1) is 12.1 Å². The van der Waals surface area contributed by atoms with Gasteiger partial charge in [-0.3, -0.25) is 4.21 Å². The van der Waals surface area contributed by atoms with Gasteiger partial charge in [0.05, 0.1) is 0 Å². The fourth-order valence-corrected chi connectivity index (χ4v) is 2.99. The maximum Gasteiger partial charge on any atom is 1.00 e. The average molecular weight is 307 g/mol. The topological polar surface area (TPSA) is 20.3 Å². The molecule has 1 atom stereocenters. The van der Waals surface area contributed by atoms with Crippen LogP contribution in [0.3, 0.4) is 0 Å². The van der Waals surface area contributed by atoms with Crippen molar-refractivity contribution in [2.24, 2.45) is 0 Å². The minimum atomic E-state index is -4.96. The van der Waals surface area contributed by atoms with E-state index in [0.717, 1.165) is 0 Å². The van der Waals surface area contributed by atoms with Gasteiger partial charge in [-0.25, -0.2) is 0 Å². The third-order valence-corrected chi connectivity index (χ3v) is 5.12. The summed E-state index contributed by atoms with van der Waals surface area (Å²) in [7, 11) is -0.972. The fraction of sp³-hybridized carbons (Fsp3) is 0.800. The largest absolute Gasteiger partial charge is 1.00 e. The monoisotopic (exact) mass is 307 g/mol. The van der Waals surface area contributed by atoms with Crippen molar-refractivity contribution in [1.29, 1.82) is 0 Å². The Morgan fingerprint density at radius 2 is 1.94 bits per heavy atom. The van der Waals surface area contributed by atoms with Gasteiger partial charge in [-0.1, -0.05) is 0 Å². The molecule has 1 aliphatic heterocycles. The van der Waals surface area contributed by atoms with E-state index < -0.39 is 23.2 Å². The SMILES string of the molecule is C=C(CN1CCS(=O)C(C)(C)CC1)[B-](F)(F)F.[K+]. The van der Waals surface area contributed by atoms with Gasteiger partial charge in [0, 0.05) is 27.8 Å². The zero-order valence-electron chi connectivity index (χ0n) is 11.2. The van der Waals surface area contributed by atoms with Crippen molar-refractivity contribution >= 4 is 17.8 Å². The predicted octanol–water partition coefficient (Wildman–Crippen LogP) is -0.834. The molecule has 0 aliphatic carbocycles. The zero-order chi connectivity index (χ0) is 13.3. The normalized spacial score (nSPS) is 25.1. The Morgan fingerprint density at radius 3 is 2.44 bits per heavy atom. The molecule has 18 heavy (non-hydrogen) atoms. The van der Waals surface area contributed by atoms with Gasteiger partial charge in [0.1, 0.15) is 0 Å². The van der Waals surface area contributed by atoms with Crippen LogP contribution >= 0.6 is 0 Å².